The first-order chi connectivity index (χ1) is 26.6. The van der Waals surface area contributed by atoms with Gasteiger partial charge in [0.05, 0.1) is 44.2 Å². The van der Waals surface area contributed by atoms with Crippen LogP contribution in [0.25, 0.3) is 0 Å². The zero-order chi connectivity index (χ0) is 41.8. The molecule has 14 nitrogen and oxygen atoms in total. The zero-order valence-electron chi connectivity index (χ0n) is 35.2. The molecule has 14 heteroatoms. The van der Waals surface area contributed by atoms with Gasteiger partial charge in [-0.05, 0) is 91.8 Å². The zero-order valence-corrected chi connectivity index (χ0v) is 35.2. The van der Waals surface area contributed by atoms with Crippen molar-refractivity contribution in [3.8, 4) is 0 Å². The third-order valence-corrected chi connectivity index (χ3v) is 17.7. The Labute approximate surface area is 337 Å². The molecule has 0 spiro atoms. The molecule has 3 unspecified atom stereocenters. The van der Waals surface area contributed by atoms with Gasteiger partial charge in [0, 0.05) is 23.9 Å². The van der Waals surface area contributed by atoms with Crippen LogP contribution in [0.2, 0.25) is 0 Å². The maximum atomic E-state index is 12.1. The molecule has 6 fully saturated rings. The highest BCUT2D eigenvalue weighted by molar-refractivity contribution is 5.37. The van der Waals surface area contributed by atoms with Crippen LogP contribution < -0.4 is 0 Å². The van der Waals surface area contributed by atoms with Gasteiger partial charge in [0.15, 0.2) is 12.6 Å². The summed E-state index contributed by atoms with van der Waals surface area (Å²) in [5.41, 5.74) is -1.03. The number of hydrogen-bond acceptors (Lipinski definition) is 14. The minimum absolute atomic E-state index is 0.0150. The van der Waals surface area contributed by atoms with Gasteiger partial charge in [0.1, 0.15) is 42.7 Å². The highest BCUT2D eigenvalue weighted by atomic mass is 16.7. The predicted octanol–water partition coefficient (Wildman–Crippen LogP) is 1.39. The second-order valence-electron chi connectivity index (χ2n) is 21.0. The number of hydrogen-bond donors (Lipinski definition) is 9. The molecule has 2 heterocycles. The highest BCUT2D eigenvalue weighted by Crippen LogP contribution is 2.76. The van der Waals surface area contributed by atoms with Gasteiger partial charge in [0.25, 0.3) is 0 Å². The fourth-order valence-electron chi connectivity index (χ4n) is 14.0. The molecule has 7 aliphatic rings. The third-order valence-electron chi connectivity index (χ3n) is 17.7. The van der Waals surface area contributed by atoms with E-state index >= 15 is 0 Å². The lowest BCUT2D eigenvalue weighted by Gasteiger charge is -2.73. The Hall–Kier alpha value is -0.820. The molecule has 0 aromatic rings. The Morgan fingerprint density at radius 1 is 0.737 bits per heavy atom. The second-order valence-corrected chi connectivity index (χ2v) is 21.0. The van der Waals surface area contributed by atoms with E-state index in [-0.39, 0.29) is 58.7 Å². The maximum absolute atomic E-state index is 12.1. The predicted molar refractivity (Wildman–Crippen MR) is 205 cm³/mol. The van der Waals surface area contributed by atoms with Crippen molar-refractivity contribution in [1.82, 2.24) is 0 Å². The molecule has 0 aromatic heterocycles. The molecule has 21 atom stereocenters. The normalized spacial score (nSPS) is 56.1. The molecule has 2 saturated heterocycles. The summed E-state index contributed by atoms with van der Waals surface area (Å²) in [5.74, 6) is -0.0215. The third kappa shape index (κ3) is 6.48. The van der Waals surface area contributed by atoms with Crippen LogP contribution in [0.1, 0.15) is 99.8 Å². The van der Waals surface area contributed by atoms with Crippen molar-refractivity contribution in [3.63, 3.8) is 0 Å². The van der Waals surface area contributed by atoms with Gasteiger partial charge in [-0.3, -0.25) is 0 Å². The van der Waals surface area contributed by atoms with E-state index in [2.05, 4.69) is 40.7 Å². The Kier molecular flexibility index (Phi) is 11.8. The molecule has 0 radical (unpaired) electrons. The smallest absolute Gasteiger partial charge is 0.187 e. The summed E-state index contributed by atoms with van der Waals surface area (Å²) in [6, 6.07) is 0. The fourth-order valence-corrected chi connectivity index (χ4v) is 14.0. The van der Waals surface area contributed by atoms with E-state index < -0.39 is 91.1 Å². The van der Waals surface area contributed by atoms with Crippen LogP contribution >= 0.6 is 0 Å². The Balaban J connectivity index is 1.18. The summed E-state index contributed by atoms with van der Waals surface area (Å²) in [6.45, 7) is 14.2. The number of fused-ring (bicyclic) bond motifs is 7. The van der Waals surface area contributed by atoms with Gasteiger partial charge in [-0.25, -0.2) is 0 Å². The standard InChI is InChI=1S/C43H72O14/c1-21-29(48)31(50)32(51)36(54-21)57-34-30(49)25(18-44)55-37(33(34)52)56-28-10-11-39(4)26(40(28,5)19-45)9-12-41(6)35(39)24(53-8)15-22-23-16-38(2,3)13-14-43(23,20-46)27(47)17-42(22,41)7/h15,21,23-37,44-52H,9-14,16-20H2,1-8H3/t21-,23-,24+,25-,26?,27+,28-,29-,30+,31+,32-,33-,34?,35?,36+,37+,39+,40-,41-,42-,43-/m1/s1. The van der Waals surface area contributed by atoms with E-state index in [9.17, 15) is 46.0 Å². The first-order valence-electron chi connectivity index (χ1n) is 21.4. The molecule has 0 aromatic carbocycles. The first-order valence-corrected chi connectivity index (χ1v) is 21.4. The summed E-state index contributed by atoms with van der Waals surface area (Å²) < 4.78 is 30.6. The molecular weight excluding hydrogens is 740 g/mol. The molecule has 57 heavy (non-hydrogen) atoms. The SMILES string of the molecule is CO[C@H]1C=C2[C@H]3CC(C)(C)CC[C@]3(CO)[C@@H](O)C[C@@]2(C)[C@]2(C)CCC3[C@](C)(CC[C@@H](O[C@@H]4O[C@H](CO)[C@H](O)C(O[C@@H]5O[C@H](C)[C@@H](O)[C@H](O)[C@H]5O)[C@H]4O)[C@]3(C)CO)C12. The van der Waals surface area contributed by atoms with Gasteiger partial charge in [-0.1, -0.05) is 53.2 Å². The average molecular weight is 813 g/mol. The van der Waals surface area contributed by atoms with Crippen molar-refractivity contribution in [1.29, 1.82) is 0 Å². The summed E-state index contributed by atoms with van der Waals surface area (Å²) in [4.78, 5) is 0. The first kappa shape index (κ1) is 44.2. The number of aliphatic hydroxyl groups excluding tert-OH is 9. The topological polar surface area (TPSA) is 228 Å². The van der Waals surface area contributed by atoms with Crippen molar-refractivity contribution in [2.24, 2.45) is 50.2 Å². The van der Waals surface area contributed by atoms with Crippen LogP contribution in [0.3, 0.4) is 0 Å². The molecule has 5 aliphatic carbocycles. The molecule has 4 saturated carbocycles. The largest absolute Gasteiger partial charge is 0.396 e. The molecule has 0 amide bonds. The van der Waals surface area contributed by atoms with Crippen LogP contribution in [-0.4, -0.2) is 153 Å². The summed E-state index contributed by atoms with van der Waals surface area (Å²) in [5, 5.41) is 98.6. The van der Waals surface area contributed by atoms with Crippen molar-refractivity contribution < 1.29 is 69.6 Å². The highest BCUT2D eigenvalue weighted by Gasteiger charge is 2.72. The van der Waals surface area contributed by atoms with Crippen molar-refractivity contribution in [2.45, 2.75) is 180 Å². The summed E-state index contributed by atoms with van der Waals surface area (Å²) in [7, 11) is 1.77. The van der Waals surface area contributed by atoms with Crippen LogP contribution in [-0.2, 0) is 23.7 Å². The Morgan fingerprint density at radius 2 is 1.42 bits per heavy atom. The number of aliphatic hydroxyl groups is 9. The van der Waals surface area contributed by atoms with Crippen LogP contribution in [0.15, 0.2) is 11.6 Å². The second kappa shape index (κ2) is 15.2. The lowest BCUT2D eigenvalue weighted by Crippen LogP contribution is -2.70. The van der Waals surface area contributed by atoms with Crippen LogP contribution in [0, 0.1) is 50.2 Å². The summed E-state index contributed by atoms with van der Waals surface area (Å²) in [6.07, 6.45) is -7.65. The number of rotatable bonds is 8. The van der Waals surface area contributed by atoms with Gasteiger partial charge >= 0.3 is 0 Å². The maximum Gasteiger partial charge on any atom is 0.187 e. The number of ether oxygens (including phenoxy) is 5. The van der Waals surface area contributed by atoms with Crippen molar-refractivity contribution in [2.75, 3.05) is 26.9 Å². The van der Waals surface area contributed by atoms with E-state index in [4.69, 9.17) is 23.7 Å². The van der Waals surface area contributed by atoms with E-state index in [1.165, 1.54) is 12.5 Å². The van der Waals surface area contributed by atoms with E-state index in [1.807, 2.05) is 6.92 Å². The van der Waals surface area contributed by atoms with Crippen LogP contribution in [0.4, 0.5) is 0 Å². The van der Waals surface area contributed by atoms with Gasteiger partial charge in [-0.2, -0.15) is 0 Å². The van der Waals surface area contributed by atoms with Gasteiger partial charge in [-0.15, -0.1) is 0 Å². The van der Waals surface area contributed by atoms with Gasteiger partial charge in [0.2, 0.25) is 0 Å². The monoisotopic (exact) mass is 812 g/mol. The van der Waals surface area contributed by atoms with Crippen molar-refractivity contribution in [3.05, 3.63) is 11.6 Å². The Bertz CT molecular complexity index is 1490. The molecule has 9 N–H and O–H groups in total. The lowest BCUT2D eigenvalue weighted by molar-refractivity contribution is -0.369. The van der Waals surface area contributed by atoms with E-state index in [0.717, 1.165) is 32.1 Å². The molecule has 7 rings (SSSR count). The van der Waals surface area contributed by atoms with Crippen molar-refractivity contribution >= 4 is 0 Å². The lowest BCUT2D eigenvalue weighted by atomic mass is 9.32. The van der Waals surface area contributed by atoms with Crippen LogP contribution in [0.5, 0.6) is 0 Å². The minimum atomic E-state index is -1.69. The minimum Gasteiger partial charge on any atom is -0.396 e. The van der Waals surface area contributed by atoms with Gasteiger partial charge < -0.3 is 69.6 Å². The molecule has 2 aliphatic heterocycles. The molecule has 328 valence electrons. The number of allylic oxidation sites excluding steroid dienone is 1. The molecule has 0 bridgehead atoms. The number of methoxy groups -OCH3 is 1. The fraction of sp³-hybridized carbons (Fsp3) is 0.953. The van der Waals surface area contributed by atoms with E-state index in [0.29, 0.717) is 19.3 Å². The average Bonchev–Trinajstić information content (AvgIpc) is 3.16. The molecular formula is C43H72O14. The summed E-state index contributed by atoms with van der Waals surface area (Å²) >= 11 is 0. The Morgan fingerprint density at radius 3 is 2.05 bits per heavy atom. The quantitative estimate of drug-likeness (QED) is 0.125. The van der Waals surface area contributed by atoms with E-state index in [1.54, 1.807) is 7.11 Å².